The van der Waals surface area contributed by atoms with Crippen LogP contribution in [0.15, 0.2) is 35.5 Å². The summed E-state index contributed by atoms with van der Waals surface area (Å²) in [6, 6.07) is 11.2. The summed E-state index contributed by atoms with van der Waals surface area (Å²) >= 11 is 0. The lowest BCUT2D eigenvalue weighted by Gasteiger charge is -2.25. The predicted octanol–water partition coefficient (Wildman–Crippen LogP) is 1.97. The predicted molar refractivity (Wildman–Crippen MR) is 77.8 cm³/mol. The Morgan fingerprint density at radius 3 is 2.55 bits per heavy atom. The molecule has 0 aliphatic carbocycles. The molecule has 0 saturated carbocycles. The van der Waals surface area contributed by atoms with E-state index in [1.165, 1.54) is 7.11 Å². The molecule has 1 aliphatic rings. The molecule has 0 amide bonds. The third kappa shape index (κ3) is 2.05. The first-order valence-corrected chi connectivity index (χ1v) is 6.56. The van der Waals surface area contributed by atoms with Gasteiger partial charge in [-0.1, -0.05) is 12.1 Å². The number of hydrogen-bond donors (Lipinski definition) is 1. The van der Waals surface area contributed by atoms with Gasteiger partial charge in [-0.25, -0.2) is 4.68 Å². The Morgan fingerprint density at radius 2 is 1.95 bits per heavy atom. The van der Waals surface area contributed by atoms with Crippen LogP contribution in [0.3, 0.4) is 0 Å². The van der Waals surface area contributed by atoms with E-state index in [2.05, 4.69) is 27.5 Å². The Kier molecular flexibility index (Phi) is 3.24. The summed E-state index contributed by atoms with van der Waals surface area (Å²) in [6.07, 6.45) is 0. The Labute approximate surface area is 127 Å². The maximum absolute atomic E-state index is 9.49. The largest absolute Gasteiger partial charge is 0.466 e. The fraction of sp³-hybridized carbons (Fsp3) is 0.200. The van der Waals surface area contributed by atoms with E-state index in [0.29, 0.717) is 17.1 Å². The van der Waals surface area contributed by atoms with Crippen molar-refractivity contribution < 1.29 is 4.74 Å². The van der Waals surface area contributed by atoms with Crippen molar-refractivity contribution in [2.45, 2.75) is 13.0 Å². The molecule has 22 heavy (non-hydrogen) atoms. The molecule has 1 aliphatic heterocycles. The maximum atomic E-state index is 9.49. The number of aromatic nitrogens is 3. The maximum Gasteiger partial charge on any atom is 0.337 e. The number of benzene rings is 1. The molecule has 7 nitrogen and oxygen atoms in total. The fourth-order valence-corrected chi connectivity index (χ4v) is 2.41. The molecule has 0 radical (unpaired) electrons. The molecule has 0 bridgehead atoms. The van der Waals surface area contributed by atoms with Gasteiger partial charge in [0.1, 0.15) is 6.04 Å². The lowest BCUT2D eigenvalue weighted by atomic mass is 9.96. The molecule has 2 heterocycles. The third-order valence-corrected chi connectivity index (χ3v) is 3.49. The van der Waals surface area contributed by atoms with Crippen molar-refractivity contribution in [2.24, 2.45) is 0 Å². The van der Waals surface area contributed by atoms with Gasteiger partial charge in [0.05, 0.1) is 30.4 Å². The highest BCUT2D eigenvalue weighted by Crippen LogP contribution is 2.35. The first kappa shape index (κ1) is 13.7. The number of hydrogen-bond acceptors (Lipinski definition) is 6. The number of ether oxygens (including phenoxy) is 1. The second-order valence-corrected chi connectivity index (χ2v) is 4.78. The van der Waals surface area contributed by atoms with E-state index < -0.39 is 6.04 Å². The smallest absolute Gasteiger partial charge is 0.337 e. The molecule has 1 aromatic heterocycles. The molecular weight excluding hydrogens is 280 g/mol. The second-order valence-electron chi connectivity index (χ2n) is 4.78. The van der Waals surface area contributed by atoms with Gasteiger partial charge in [-0.15, -0.1) is 5.10 Å². The first-order chi connectivity index (χ1) is 10.7. The van der Waals surface area contributed by atoms with Crippen molar-refractivity contribution in [3.63, 3.8) is 0 Å². The molecular formula is C15H12N6O. The highest BCUT2D eigenvalue weighted by atomic mass is 16.5. The van der Waals surface area contributed by atoms with Crippen LogP contribution in [-0.4, -0.2) is 21.9 Å². The summed E-state index contributed by atoms with van der Waals surface area (Å²) in [4.78, 5) is 4.22. The SMILES string of the molecule is COc1nc2n(n1)C(c1ccc(C#N)cc1)C(C#N)=C(C)N2. The average Bonchev–Trinajstić information content (AvgIpc) is 2.96. The molecule has 7 heteroatoms. The monoisotopic (exact) mass is 292 g/mol. The van der Waals surface area contributed by atoms with Gasteiger partial charge >= 0.3 is 6.01 Å². The number of allylic oxidation sites excluding steroid dienone is 2. The van der Waals surface area contributed by atoms with E-state index in [0.717, 1.165) is 11.3 Å². The van der Waals surface area contributed by atoms with Crippen LogP contribution in [0.2, 0.25) is 0 Å². The minimum Gasteiger partial charge on any atom is -0.466 e. The highest BCUT2D eigenvalue weighted by molar-refractivity contribution is 5.52. The third-order valence-electron chi connectivity index (χ3n) is 3.49. The Balaban J connectivity index is 2.16. The van der Waals surface area contributed by atoms with Gasteiger partial charge in [0.25, 0.3) is 0 Å². The number of anilines is 1. The molecule has 1 N–H and O–H groups in total. The zero-order valence-corrected chi connectivity index (χ0v) is 12.0. The van der Waals surface area contributed by atoms with Gasteiger partial charge in [-0.05, 0) is 24.6 Å². The van der Waals surface area contributed by atoms with Crippen LogP contribution in [0, 0.1) is 22.7 Å². The number of fused-ring (bicyclic) bond motifs is 1. The van der Waals surface area contributed by atoms with Gasteiger partial charge in [-0.3, -0.25) is 0 Å². The standard InChI is InChI=1S/C15H12N6O/c1-9-12(8-17)13(11-5-3-10(7-16)4-6-11)21-14(18-9)19-15(20-21)22-2/h3-6,13H,1-2H3,(H,18,19,20). The van der Waals surface area contributed by atoms with E-state index in [4.69, 9.17) is 10.00 Å². The van der Waals surface area contributed by atoms with Crippen LogP contribution >= 0.6 is 0 Å². The number of rotatable bonds is 2. The van der Waals surface area contributed by atoms with Crippen LogP contribution in [0.5, 0.6) is 6.01 Å². The van der Waals surface area contributed by atoms with Crippen molar-refractivity contribution in [1.82, 2.24) is 14.8 Å². The minimum absolute atomic E-state index is 0.230. The van der Waals surface area contributed by atoms with Crippen molar-refractivity contribution >= 4 is 5.95 Å². The summed E-state index contributed by atoms with van der Waals surface area (Å²) in [5.74, 6) is 0.516. The lowest BCUT2D eigenvalue weighted by molar-refractivity contribution is 0.374. The van der Waals surface area contributed by atoms with Crippen LogP contribution in [0.25, 0.3) is 0 Å². The van der Waals surface area contributed by atoms with Crippen molar-refractivity contribution in [3.05, 3.63) is 46.7 Å². The molecule has 1 atom stereocenters. The summed E-state index contributed by atoms with van der Waals surface area (Å²) in [7, 11) is 1.49. The highest BCUT2D eigenvalue weighted by Gasteiger charge is 2.30. The number of nitrogens with one attached hydrogen (secondary N) is 1. The van der Waals surface area contributed by atoms with Gasteiger partial charge in [0.15, 0.2) is 0 Å². The molecule has 1 unspecified atom stereocenters. The quantitative estimate of drug-likeness (QED) is 0.908. The van der Waals surface area contributed by atoms with Gasteiger partial charge in [-0.2, -0.15) is 15.5 Å². The summed E-state index contributed by atoms with van der Waals surface area (Å²) < 4.78 is 6.68. The van der Waals surface area contributed by atoms with Crippen LogP contribution in [-0.2, 0) is 0 Å². The molecule has 1 aromatic carbocycles. The van der Waals surface area contributed by atoms with E-state index >= 15 is 0 Å². The van der Waals surface area contributed by atoms with Crippen molar-refractivity contribution in [3.8, 4) is 18.1 Å². The van der Waals surface area contributed by atoms with Gasteiger partial charge in [0, 0.05) is 5.70 Å². The van der Waals surface area contributed by atoms with Gasteiger partial charge < -0.3 is 10.1 Å². The normalized spacial score (nSPS) is 16.3. The Bertz CT molecular complexity index is 834. The Hall–Kier alpha value is -3.32. The van der Waals surface area contributed by atoms with Crippen molar-refractivity contribution in [2.75, 3.05) is 12.4 Å². The second kappa shape index (κ2) is 5.23. The van der Waals surface area contributed by atoms with Crippen LogP contribution in [0.4, 0.5) is 5.95 Å². The molecule has 108 valence electrons. The molecule has 2 aromatic rings. The summed E-state index contributed by atoms with van der Waals surface area (Å²) in [5, 5.41) is 25.7. The Morgan fingerprint density at radius 1 is 1.23 bits per heavy atom. The average molecular weight is 292 g/mol. The van der Waals surface area contributed by atoms with Crippen molar-refractivity contribution in [1.29, 1.82) is 10.5 Å². The minimum atomic E-state index is -0.398. The summed E-state index contributed by atoms with van der Waals surface area (Å²) in [6.45, 7) is 1.82. The van der Waals surface area contributed by atoms with E-state index in [9.17, 15) is 5.26 Å². The zero-order chi connectivity index (χ0) is 15.7. The van der Waals surface area contributed by atoms with E-state index in [-0.39, 0.29) is 6.01 Å². The number of nitriles is 2. The molecule has 0 fully saturated rings. The number of nitrogens with zero attached hydrogens (tertiary/aromatic N) is 5. The van der Waals surface area contributed by atoms with Crippen LogP contribution in [0.1, 0.15) is 24.1 Å². The molecule has 0 spiro atoms. The zero-order valence-electron chi connectivity index (χ0n) is 12.0. The van der Waals surface area contributed by atoms with E-state index in [1.54, 1.807) is 16.8 Å². The van der Waals surface area contributed by atoms with E-state index in [1.807, 2.05) is 19.1 Å². The first-order valence-electron chi connectivity index (χ1n) is 6.56. The van der Waals surface area contributed by atoms with Gasteiger partial charge in [0.2, 0.25) is 5.95 Å². The fourth-order valence-electron chi connectivity index (χ4n) is 2.41. The summed E-state index contributed by atoms with van der Waals surface area (Å²) in [5.41, 5.74) is 2.68. The number of methoxy groups -OCH3 is 1. The topological polar surface area (TPSA) is 99.5 Å². The lowest BCUT2D eigenvalue weighted by Crippen LogP contribution is -2.24. The molecule has 0 saturated heterocycles. The van der Waals surface area contributed by atoms with Crippen LogP contribution < -0.4 is 10.1 Å². The molecule has 3 rings (SSSR count).